The number of amides is 1. The van der Waals surface area contributed by atoms with E-state index >= 15 is 0 Å². The Morgan fingerprint density at radius 1 is 1.75 bits per heavy atom. The van der Waals surface area contributed by atoms with E-state index in [0.717, 1.165) is 0 Å². The lowest BCUT2D eigenvalue weighted by molar-refractivity contribution is -0.119. The third kappa shape index (κ3) is 3.89. The van der Waals surface area contributed by atoms with Gasteiger partial charge in [-0.2, -0.15) is 0 Å². The average molecular weight is 139 g/mol. The molecular formula is C4H11ClN2O. The molecule has 4 N–H and O–H groups in total. The zero-order chi connectivity index (χ0) is 5.86. The molecule has 0 saturated carbocycles. The van der Waals surface area contributed by atoms with Gasteiger partial charge in [0.25, 0.3) is 0 Å². The van der Waals surface area contributed by atoms with Gasteiger partial charge < -0.3 is 11.5 Å². The molecule has 0 saturated heterocycles. The number of carbonyl (C=O) groups is 1. The Kier molecular flexibility index (Phi) is 6.48. The molecule has 0 aliphatic heterocycles. The van der Waals surface area contributed by atoms with Crippen molar-refractivity contribution in [3.05, 3.63) is 0 Å². The summed E-state index contributed by atoms with van der Waals surface area (Å²) in [6.07, 6.45) is 0.620. The van der Waals surface area contributed by atoms with Crippen LogP contribution in [-0.4, -0.2) is 11.9 Å². The third-order valence-electron chi connectivity index (χ3n) is 0.805. The smallest absolute Gasteiger partial charge is 0.234 e. The lowest BCUT2D eigenvalue weighted by Gasteiger charge is -1.98. The van der Waals surface area contributed by atoms with E-state index in [9.17, 15) is 4.79 Å². The maximum absolute atomic E-state index is 10.0. The van der Waals surface area contributed by atoms with Gasteiger partial charge in [-0.05, 0) is 6.42 Å². The van der Waals surface area contributed by atoms with Gasteiger partial charge in [0.1, 0.15) is 0 Å². The molecule has 0 aromatic carbocycles. The summed E-state index contributed by atoms with van der Waals surface area (Å²) in [4.78, 5) is 10.0. The van der Waals surface area contributed by atoms with E-state index in [4.69, 9.17) is 11.5 Å². The summed E-state index contributed by atoms with van der Waals surface area (Å²) < 4.78 is 0. The van der Waals surface area contributed by atoms with Crippen molar-refractivity contribution >= 4 is 18.3 Å². The maximum atomic E-state index is 10.0. The van der Waals surface area contributed by atoms with Crippen molar-refractivity contribution in [2.75, 3.05) is 0 Å². The fourth-order valence-electron chi connectivity index (χ4n) is 0.201. The highest BCUT2D eigenvalue weighted by Gasteiger charge is 2.02. The molecular weight excluding hydrogens is 128 g/mol. The van der Waals surface area contributed by atoms with Crippen LogP contribution in [0.15, 0.2) is 0 Å². The van der Waals surface area contributed by atoms with Crippen molar-refractivity contribution in [3.8, 4) is 0 Å². The van der Waals surface area contributed by atoms with Gasteiger partial charge in [-0.15, -0.1) is 12.4 Å². The molecule has 0 spiro atoms. The Balaban J connectivity index is 0. The lowest BCUT2D eigenvalue weighted by Crippen LogP contribution is -2.35. The minimum Gasteiger partial charge on any atom is -0.368 e. The fourth-order valence-corrected chi connectivity index (χ4v) is 0.201. The maximum Gasteiger partial charge on any atom is 0.234 e. The summed E-state index contributed by atoms with van der Waals surface area (Å²) >= 11 is 0. The van der Waals surface area contributed by atoms with Crippen molar-refractivity contribution in [1.82, 2.24) is 0 Å². The molecule has 0 rings (SSSR count). The second kappa shape index (κ2) is 4.87. The van der Waals surface area contributed by atoms with E-state index in [0.29, 0.717) is 6.42 Å². The predicted molar refractivity (Wildman–Crippen MR) is 34.7 cm³/mol. The summed E-state index contributed by atoms with van der Waals surface area (Å²) in [5, 5.41) is 0. The van der Waals surface area contributed by atoms with Gasteiger partial charge in [-0.25, -0.2) is 0 Å². The summed E-state index contributed by atoms with van der Waals surface area (Å²) in [5.41, 5.74) is 9.92. The Morgan fingerprint density at radius 2 is 2.12 bits per heavy atom. The van der Waals surface area contributed by atoms with Gasteiger partial charge in [-0.3, -0.25) is 4.79 Å². The molecule has 1 atom stereocenters. The molecule has 8 heavy (non-hydrogen) atoms. The predicted octanol–water partition coefficient (Wildman–Crippen LogP) is -0.369. The second-order valence-corrected chi connectivity index (χ2v) is 1.42. The van der Waals surface area contributed by atoms with Crippen LogP contribution in [0.4, 0.5) is 0 Å². The Labute approximate surface area is 54.8 Å². The number of halogens is 1. The first-order valence-corrected chi connectivity index (χ1v) is 2.23. The molecule has 0 aliphatic rings. The molecule has 0 radical (unpaired) electrons. The first-order valence-electron chi connectivity index (χ1n) is 2.23. The van der Waals surface area contributed by atoms with Crippen LogP contribution in [0.3, 0.4) is 0 Å². The Hall–Kier alpha value is -0.280. The van der Waals surface area contributed by atoms with Crippen molar-refractivity contribution in [1.29, 1.82) is 0 Å². The number of primary amides is 1. The highest BCUT2D eigenvalue weighted by Crippen LogP contribution is 1.80. The molecule has 0 aliphatic carbocycles. The van der Waals surface area contributed by atoms with Crippen LogP contribution in [0.25, 0.3) is 0 Å². The van der Waals surface area contributed by atoms with Gasteiger partial charge in [0.15, 0.2) is 0 Å². The number of hydrogen-bond acceptors (Lipinski definition) is 2. The Bertz CT molecular complexity index is 76.4. The number of hydrogen-bond donors (Lipinski definition) is 2. The minimum absolute atomic E-state index is 0. The van der Waals surface area contributed by atoms with E-state index in [1.165, 1.54) is 0 Å². The third-order valence-corrected chi connectivity index (χ3v) is 0.805. The molecule has 0 aromatic heterocycles. The van der Waals surface area contributed by atoms with Gasteiger partial charge in [0.2, 0.25) is 5.91 Å². The van der Waals surface area contributed by atoms with Crippen LogP contribution in [0.2, 0.25) is 0 Å². The van der Waals surface area contributed by atoms with Crippen LogP contribution < -0.4 is 11.5 Å². The van der Waals surface area contributed by atoms with Crippen molar-refractivity contribution in [3.63, 3.8) is 0 Å². The van der Waals surface area contributed by atoms with E-state index in [2.05, 4.69) is 0 Å². The van der Waals surface area contributed by atoms with Crippen molar-refractivity contribution in [2.45, 2.75) is 19.4 Å². The highest BCUT2D eigenvalue weighted by atomic mass is 35.5. The fraction of sp³-hybridized carbons (Fsp3) is 0.750. The quantitative estimate of drug-likeness (QED) is 0.547. The van der Waals surface area contributed by atoms with Crippen LogP contribution in [0, 0.1) is 0 Å². The minimum atomic E-state index is -0.458. The Morgan fingerprint density at radius 3 is 2.12 bits per heavy atom. The molecule has 1 amide bonds. The normalized spacial score (nSPS) is 11.8. The summed E-state index contributed by atoms with van der Waals surface area (Å²) in [5.74, 6) is -0.428. The average Bonchev–Trinajstić information content (AvgIpc) is 1.65. The van der Waals surface area contributed by atoms with E-state index in [1.54, 1.807) is 0 Å². The lowest BCUT2D eigenvalue weighted by atomic mass is 10.2. The SMILES string of the molecule is CC[C@@H](N)C(N)=O.Cl. The van der Waals surface area contributed by atoms with E-state index < -0.39 is 11.9 Å². The van der Waals surface area contributed by atoms with Crippen LogP contribution >= 0.6 is 12.4 Å². The number of nitrogens with two attached hydrogens (primary N) is 2. The second-order valence-electron chi connectivity index (χ2n) is 1.42. The zero-order valence-electron chi connectivity index (χ0n) is 4.76. The molecule has 0 bridgehead atoms. The highest BCUT2D eigenvalue weighted by molar-refractivity contribution is 5.85. The summed E-state index contributed by atoms with van der Waals surface area (Å²) in [7, 11) is 0. The first kappa shape index (κ1) is 10.7. The molecule has 0 fully saturated rings. The molecule has 4 heteroatoms. The standard InChI is InChI=1S/C4H10N2O.ClH/c1-2-3(5)4(6)7;/h3H,2,5H2,1H3,(H2,6,7);1H/t3-;/m1./s1. The van der Waals surface area contributed by atoms with Crippen molar-refractivity contribution < 1.29 is 4.79 Å². The van der Waals surface area contributed by atoms with Crippen molar-refractivity contribution in [2.24, 2.45) is 11.5 Å². The van der Waals surface area contributed by atoms with Crippen LogP contribution in [0.5, 0.6) is 0 Å². The van der Waals surface area contributed by atoms with Gasteiger partial charge in [0.05, 0.1) is 6.04 Å². The zero-order valence-corrected chi connectivity index (χ0v) is 5.57. The largest absolute Gasteiger partial charge is 0.368 e. The van der Waals surface area contributed by atoms with Crippen LogP contribution in [0.1, 0.15) is 13.3 Å². The molecule has 3 nitrogen and oxygen atoms in total. The van der Waals surface area contributed by atoms with Gasteiger partial charge in [0, 0.05) is 0 Å². The summed E-state index contributed by atoms with van der Waals surface area (Å²) in [6.45, 7) is 1.81. The molecule has 0 heterocycles. The van der Waals surface area contributed by atoms with Crippen LogP contribution in [-0.2, 0) is 4.79 Å². The summed E-state index contributed by atoms with van der Waals surface area (Å²) in [6, 6.07) is -0.458. The topological polar surface area (TPSA) is 69.1 Å². The number of rotatable bonds is 2. The van der Waals surface area contributed by atoms with E-state index in [1.807, 2.05) is 6.92 Å². The number of carbonyl (C=O) groups excluding carboxylic acids is 1. The molecule has 0 aromatic rings. The van der Waals surface area contributed by atoms with Gasteiger partial charge in [-0.1, -0.05) is 6.92 Å². The monoisotopic (exact) mass is 138 g/mol. The molecule has 50 valence electrons. The molecule has 0 unspecified atom stereocenters. The van der Waals surface area contributed by atoms with Gasteiger partial charge >= 0.3 is 0 Å². The first-order chi connectivity index (χ1) is 3.18. The van der Waals surface area contributed by atoms with E-state index in [-0.39, 0.29) is 12.4 Å².